The zero-order valence-electron chi connectivity index (χ0n) is 18.1. The van der Waals surface area contributed by atoms with E-state index >= 15 is 0 Å². The van der Waals surface area contributed by atoms with E-state index in [1.165, 1.54) is 31.1 Å². The van der Waals surface area contributed by atoms with Gasteiger partial charge in [-0.2, -0.15) is 4.39 Å². The molecule has 1 aliphatic rings. The summed E-state index contributed by atoms with van der Waals surface area (Å²) < 4.78 is 35.1. The second-order valence-electron chi connectivity index (χ2n) is 8.01. The van der Waals surface area contributed by atoms with E-state index in [4.69, 9.17) is 25.8 Å². The van der Waals surface area contributed by atoms with Gasteiger partial charge in [-0.1, -0.05) is 11.6 Å². The Morgan fingerprint density at radius 1 is 1.26 bits per heavy atom. The highest BCUT2D eigenvalue weighted by Gasteiger charge is 2.55. The summed E-state index contributed by atoms with van der Waals surface area (Å²) in [7, 11) is 1.41. The van der Waals surface area contributed by atoms with E-state index in [1.54, 1.807) is 20.8 Å². The van der Waals surface area contributed by atoms with E-state index in [0.29, 0.717) is 0 Å². The topological polar surface area (TPSA) is 104 Å². The highest BCUT2D eigenvalue weighted by Crippen LogP contribution is 2.48. The lowest BCUT2D eigenvalue weighted by Crippen LogP contribution is -2.58. The van der Waals surface area contributed by atoms with Gasteiger partial charge in [-0.05, 0) is 39.8 Å². The normalized spacial score (nSPS) is 20.4. The summed E-state index contributed by atoms with van der Waals surface area (Å²) in [6.07, 6.45) is -0.665. The molecule has 1 heterocycles. The first-order valence-corrected chi connectivity index (χ1v) is 10.0. The molecule has 1 amide bonds. The number of pyridine rings is 1. The van der Waals surface area contributed by atoms with Crippen molar-refractivity contribution in [3.63, 3.8) is 0 Å². The Bertz CT molecular complexity index is 837. The maximum absolute atomic E-state index is 14.6. The highest BCUT2D eigenvalue weighted by molar-refractivity contribution is 6.30. The Hall–Kier alpha value is -2.46. The Morgan fingerprint density at radius 3 is 2.42 bits per heavy atom. The third-order valence-electron chi connectivity index (χ3n) is 4.50. The van der Waals surface area contributed by atoms with E-state index in [0.717, 1.165) is 0 Å². The van der Waals surface area contributed by atoms with E-state index in [-0.39, 0.29) is 36.9 Å². The number of nitrogens with zero attached hydrogens (tertiary/aromatic N) is 2. The molecule has 11 heteroatoms. The monoisotopic (exact) mass is 460 g/mol. The van der Waals surface area contributed by atoms with Crippen LogP contribution in [-0.4, -0.2) is 60.0 Å². The predicted octanol–water partition coefficient (Wildman–Crippen LogP) is 3.18. The molecular formula is C20H26ClFN2O7. The molecule has 1 aliphatic carbocycles. The minimum atomic E-state index is -1.54. The van der Waals surface area contributed by atoms with Gasteiger partial charge in [0.25, 0.3) is 0 Å². The molecule has 0 aliphatic heterocycles. The van der Waals surface area contributed by atoms with Gasteiger partial charge in [-0.15, -0.1) is 0 Å². The van der Waals surface area contributed by atoms with Gasteiger partial charge in [-0.3, -0.25) is 4.90 Å². The van der Waals surface area contributed by atoms with Crippen LogP contribution in [-0.2, 0) is 34.1 Å². The zero-order chi connectivity index (χ0) is 23.4. The fourth-order valence-electron chi connectivity index (χ4n) is 3.21. The van der Waals surface area contributed by atoms with Crippen molar-refractivity contribution in [3.8, 4) is 0 Å². The third-order valence-corrected chi connectivity index (χ3v) is 4.71. The molecule has 1 aromatic rings. The summed E-state index contributed by atoms with van der Waals surface area (Å²) in [5, 5.41) is -0.0845. The largest absolute Gasteiger partial charge is 0.458 e. The van der Waals surface area contributed by atoms with E-state index < -0.39 is 41.2 Å². The number of halogens is 2. The SMILES string of the molecule is CCOC(=O)C(=O)O[C@]1(c2ccc(Cl)nc2F)C[C@H](N(COC)C(=O)OC(C)(C)C)C1. The molecule has 1 aromatic heterocycles. The molecule has 172 valence electrons. The van der Waals surface area contributed by atoms with Crippen molar-refractivity contribution in [2.24, 2.45) is 0 Å². The van der Waals surface area contributed by atoms with Crippen LogP contribution in [0, 0.1) is 5.95 Å². The molecule has 0 unspecified atom stereocenters. The molecule has 1 saturated carbocycles. The van der Waals surface area contributed by atoms with Gasteiger partial charge in [0.15, 0.2) is 0 Å². The molecule has 0 radical (unpaired) electrons. The molecule has 0 saturated heterocycles. The number of aromatic nitrogens is 1. The van der Waals surface area contributed by atoms with E-state index in [9.17, 15) is 18.8 Å². The maximum Gasteiger partial charge on any atom is 0.418 e. The fourth-order valence-corrected chi connectivity index (χ4v) is 3.35. The van der Waals surface area contributed by atoms with Crippen LogP contribution in [0.1, 0.15) is 46.1 Å². The number of carbonyl (C=O) groups excluding carboxylic acids is 3. The first-order chi connectivity index (χ1) is 14.4. The molecular weight excluding hydrogens is 435 g/mol. The lowest BCUT2D eigenvalue weighted by atomic mass is 9.70. The Morgan fingerprint density at radius 2 is 1.90 bits per heavy atom. The van der Waals surface area contributed by atoms with Crippen LogP contribution in [0.3, 0.4) is 0 Å². The van der Waals surface area contributed by atoms with Crippen LogP contribution in [0.25, 0.3) is 0 Å². The standard InChI is InChI=1S/C20H26ClFN2O7/c1-6-29-16(25)17(26)30-20(13-7-8-14(21)23-15(13)22)9-12(10-20)24(11-28-5)18(27)31-19(2,3)4/h7-8,12H,6,9-11H2,1-5H3/t12-,20+. The first-order valence-electron chi connectivity index (χ1n) is 9.63. The minimum Gasteiger partial charge on any atom is -0.458 e. The van der Waals surface area contributed by atoms with Crippen molar-refractivity contribution in [3.05, 3.63) is 28.8 Å². The molecule has 1 fully saturated rings. The van der Waals surface area contributed by atoms with Crippen LogP contribution in [0.4, 0.5) is 9.18 Å². The van der Waals surface area contributed by atoms with Gasteiger partial charge in [0.2, 0.25) is 5.95 Å². The second kappa shape index (κ2) is 9.78. The maximum atomic E-state index is 14.6. The van der Waals surface area contributed by atoms with Crippen LogP contribution < -0.4 is 0 Å². The van der Waals surface area contributed by atoms with Crippen molar-refractivity contribution in [1.82, 2.24) is 9.88 Å². The summed E-state index contributed by atoms with van der Waals surface area (Å²) in [6, 6.07) is 2.15. The lowest BCUT2D eigenvalue weighted by molar-refractivity contribution is -0.193. The molecule has 0 aromatic carbocycles. The van der Waals surface area contributed by atoms with Crippen molar-refractivity contribution in [2.75, 3.05) is 20.4 Å². The Balaban J connectivity index is 2.31. The third kappa shape index (κ3) is 6.04. The number of esters is 2. The summed E-state index contributed by atoms with van der Waals surface area (Å²) in [5.74, 6) is -3.42. The van der Waals surface area contributed by atoms with Crippen molar-refractivity contribution < 1.29 is 37.7 Å². The molecule has 0 spiro atoms. The number of ether oxygens (including phenoxy) is 4. The summed E-state index contributed by atoms with van der Waals surface area (Å²) in [5.41, 5.74) is -2.34. The van der Waals surface area contributed by atoms with Crippen LogP contribution >= 0.6 is 11.6 Å². The first kappa shape index (κ1) is 24.8. The van der Waals surface area contributed by atoms with Crippen molar-refractivity contribution in [2.45, 2.75) is 57.8 Å². The minimum absolute atomic E-state index is 0.0129. The Kier molecular flexibility index (Phi) is 7.82. The number of rotatable bonds is 6. The van der Waals surface area contributed by atoms with Crippen LogP contribution in [0.5, 0.6) is 0 Å². The van der Waals surface area contributed by atoms with Crippen molar-refractivity contribution in [1.29, 1.82) is 0 Å². The number of hydrogen-bond acceptors (Lipinski definition) is 8. The van der Waals surface area contributed by atoms with Crippen LogP contribution in [0.15, 0.2) is 12.1 Å². The lowest BCUT2D eigenvalue weighted by Gasteiger charge is -2.50. The number of amides is 1. The van der Waals surface area contributed by atoms with Gasteiger partial charge in [0.1, 0.15) is 23.1 Å². The quantitative estimate of drug-likeness (QED) is 0.209. The highest BCUT2D eigenvalue weighted by atomic mass is 35.5. The van der Waals surface area contributed by atoms with E-state index in [2.05, 4.69) is 9.72 Å². The fraction of sp³-hybridized carbons (Fsp3) is 0.600. The molecule has 0 atom stereocenters. The van der Waals surface area contributed by atoms with Crippen LogP contribution in [0.2, 0.25) is 5.15 Å². The molecule has 0 bridgehead atoms. The average molecular weight is 461 g/mol. The molecule has 2 rings (SSSR count). The van der Waals surface area contributed by atoms with Gasteiger partial charge >= 0.3 is 18.0 Å². The number of hydrogen-bond donors (Lipinski definition) is 0. The second-order valence-corrected chi connectivity index (χ2v) is 8.39. The molecule has 31 heavy (non-hydrogen) atoms. The summed E-state index contributed by atoms with van der Waals surface area (Å²) in [4.78, 5) is 41.5. The molecule has 9 nitrogen and oxygen atoms in total. The van der Waals surface area contributed by atoms with Gasteiger partial charge in [-0.25, -0.2) is 19.4 Å². The number of carbonyl (C=O) groups is 3. The van der Waals surface area contributed by atoms with Gasteiger partial charge in [0.05, 0.1) is 12.2 Å². The van der Waals surface area contributed by atoms with Gasteiger partial charge < -0.3 is 18.9 Å². The van der Waals surface area contributed by atoms with E-state index in [1.807, 2.05) is 0 Å². The van der Waals surface area contributed by atoms with Crippen molar-refractivity contribution >= 4 is 29.6 Å². The zero-order valence-corrected chi connectivity index (χ0v) is 18.8. The predicted molar refractivity (Wildman–Crippen MR) is 107 cm³/mol. The van der Waals surface area contributed by atoms with Gasteiger partial charge in [0, 0.05) is 26.0 Å². The summed E-state index contributed by atoms with van der Waals surface area (Å²) >= 11 is 5.73. The number of methoxy groups -OCH3 is 1. The summed E-state index contributed by atoms with van der Waals surface area (Å²) in [6.45, 7) is 6.57. The molecule has 0 N–H and O–H groups in total. The Labute approximate surface area is 184 Å². The average Bonchev–Trinajstić information content (AvgIpc) is 2.61. The smallest absolute Gasteiger partial charge is 0.418 e.